The maximum atomic E-state index is 12.4. The molecule has 0 aliphatic carbocycles. The van der Waals surface area contributed by atoms with Gasteiger partial charge in [-0.05, 0) is 38.8 Å². The van der Waals surface area contributed by atoms with Crippen molar-refractivity contribution >= 4 is 23.2 Å². The highest BCUT2D eigenvalue weighted by Crippen LogP contribution is 2.22. The highest BCUT2D eigenvalue weighted by molar-refractivity contribution is 5.99. The van der Waals surface area contributed by atoms with Gasteiger partial charge in [-0.25, -0.2) is 9.78 Å². The minimum atomic E-state index is -1.30. The van der Waals surface area contributed by atoms with Gasteiger partial charge in [-0.1, -0.05) is 12.1 Å². The zero-order valence-corrected chi connectivity index (χ0v) is 14.4. The van der Waals surface area contributed by atoms with E-state index in [0.717, 1.165) is 6.20 Å². The van der Waals surface area contributed by atoms with E-state index in [1.54, 1.807) is 24.3 Å². The van der Waals surface area contributed by atoms with Crippen molar-refractivity contribution in [2.45, 2.75) is 32.7 Å². The van der Waals surface area contributed by atoms with Gasteiger partial charge in [0.05, 0.1) is 5.69 Å². The van der Waals surface area contributed by atoms with E-state index < -0.39 is 11.5 Å². The Kier molecular flexibility index (Phi) is 4.66. The van der Waals surface area contributed by atoms with Crippen molar-refractivity contribution in [1.82, 2.24) is 9.55 Å². The molecule has 1 aliphatic heterocycles. The van der Waals surface area contributed by atoms with Gasteiger partial charge >= 0.3 is 5.97 Å². The van der Waals surface area contributed by atoms with Crippen molar-refractivity contribution in [2.24, 2.45) is 5.10 Å². The maximum absolute atomic E-state index is 12.4. The fourth-order valence-corrected chi connectivity index (χ4v) is 2.87. The summed E-state index contributed by atoms with van der Waals surface area (Å²) in [5.41, 5.74) is 3.71. The number of rotatable bonds is 4. The molecule has 26 heavy (non-hydrogen) atoms. The summed E-state index contributed by atoms with van der Waals surface area (Å²) in [5.74, 6) is -0.991. The van der Waals surface area contributed by atoms with Crippen molar-refractivity contribution in [3.05, 3.63) is 57.8 Å². The number of carboxylic acids is 1. The first kappa shape index (κ1) is 17.5. The van der Waals surface area contributed by atoms with Crippen molar-refractivity contribution < 1.29 is 14.7 Å². The summed E-state index contributed by atoms with van der Waals surface area (Å²) in [6.07, 6.45) is 2.31. The summed E-state index contributed by atoms with van der Waals surface area (Å²) >= 11 is 0. The quantitative estimate of drug-likeness (QED) is 0.643. The Hall–Kier alpha value is -3.29. The largest absolute Gasteiger partial charge is 0.477 e. The van der Waals surface area contributed by atoms with E-state index in [2.05, 4.69) is 15.5 Å². The Morgan fingerprint density at radius 2 is 2.15 bits per heavy atom. The van der Waals surface area contributed by atoms with Crippen LogP contribution in [0.5, 0.6) is 0 Å². The highest BCUT2D eigenvalue weighted by Gasteiger charge is 2.26. The van der Waals surface area contributed by atoms with Crippen molar-refractivity contribution in [1.29, 1.82) is 0 Å². The lowest BCUT2D eigenvalue weighted by Gasteiger charge is -2.25. The molecule has 2 N–H and O–H groups in total. The van der Waals surface area contributed by atoms with Crippen LogP contribution in [0.2, 0.25) is 0 Å². The number of aromatic carboxylic acids is 1. The van der Waals surface area contributed by atoms with E-state index in [1.165, 1.54) is 11.5 Å². The van der Waals surface area contributed by atoms with E-state index in [-0.39, 0.29) is 17.4 Å². The highest BCUT2D eigenvalue weighted by atomic mass is 16.4. The molecule has 1 aromatic heterocycles. The first-order chi connectivity index (χ1) is 12.4. The molecule has 0 amide bonds. The number of carboxylic acid groups (broad SMARTS) is 1. The topological polar surface area (TPSA) is 114 Å². The number of fused-ring (bicyclic) bond motifs is 1. The Labute approximate surface area is 149 Å². The molecular formula is C18H18N4O4. The van der Waals surface area contributed by atoms with Crippen molar-refractivity contribution in [3.8, 4) is 0 Å². The second kappa shape index (κ2) is 6.91. The van der Waals surface area contributed by atoms with E-state index in [9.17, 15) is 14.4 Å². The molecule has 8 heteroatoms. The van der Waals surface area contributed by atoms with Crippen LogP contribution >= 0.6 is 0 Å². The molecule has 0 saturated heterocycles. The van der Waals surface area contributed by atoms with Crippen LogP contribution in [0.4, 0.5) is 5.69 Å². The number of carbonyl (C=O) groups is 2. The molecule has 2 heterocycles. The van der Waals surface area contributed by atoms with Crippen LogP contribution in [0.3, 0.4) is 0 Å². The predicted molar refractivity (Wildman–Crippen MR) is 96.0 cm³/mol. The van der Waals surface area contributed by atoms with Gasteiger partial charge < -0.3 is 5.11 Å². The molecule has 0 bridgehead atoms. The van der Waals surface area contributed by atoms with Gasteiger partial charge in [-0.3, -0.25) is 19.6 Å². The second-order valence-corrected chi connectivity index (χ2v) is 6.17. The number of hydrogen-bond acceptors (Lipinski definition) is 6. The Morgan fingerprint density at radius 1 is 1.38 bits per heavy atom. The monoisotopic (exact) mass is 354 g/mol. The number of carbonyl (C=O) groups excluding carboxylic acids is 1. The summed E-state index contributed by atoms with van der Waals surface area (Å²) in [4.78, 5) is 39.2. The minimum absolute atomic E-state index is 0.0486. The third-order valence-electron chi connectivity index (χ3n) is 4.31. The van der Waals surface area contributed by atoms with Crippen molar-refractivity contribution in [3.63, 3.8) is 0 Å². The van der Waals surface area contributed by atoms with E-state index >= 15 is 0 Å². The predicted octanol–water partition coefficient (Wildman–Crippen LogP) is 2.32. The second-order valence-electron chi connectivity index (χ2n) is 6.17. The van der Waals surface area contributed by atoms with Gasteiger partial charge in [0.15, 0.2) is 11.6 Å². The number of aromatic nitrogens is 2. The van der Waals surface area contributed by atoms with Gasteiger partial charge in [0.2, 0.25) is 0 Å². The fraction of sp³-hybridized carbons (Fsp3) is 0.278. The van der Waals surface area contributed by atoms with Crippen LogP contribution in [0.15, 0.2) is 40.4 Å². The smallest absolute Gasteiger partial charge is 0.342 e. The van der Waals surface area contributed by atoms with Gasteiger partial charge in [0, 0.05) is 17.8 Å². The molecular weight excluding hydrogens is 336 g/mol. The summed E-state index contributed by atoms with van der Waals surface area (Å²) in [5, 5.41) is 13.4. The van der Waals surface area contributed by atoms with Crippen LogP contribution in [0.1, 0.15) is 59.3 Å². The Balaban J connectivity index is 1.97. The fourth-order valence-electron chi connectivity index (χ4n) is 2.87. The van der Waals surface area contributed by atoms with Crippen LogP contribution < -0.4 is 11.0 Å². The number of Topliss-reactive ketones (excluding diaryl/α,β-unsaturated/α-hetero) is 1. The maximum Gasteiger partial charge on any atom is 0.342 e. The van der Waals surface area contributed by atoms with E-state index in [1.807, 2.05) is 6.92 Å². The van der Waals surface area contributed by atoms with Crippen LogP contribution in [-0.2, 0) is 0 Å². The summed E-state index contributed by atoms with van der Waals surface area (Å²) in [7, 11) is 0. The molecule has 0 radical (unpaired) electrons. The molecule has 0 saturated carbocycles. The van der Waals surface area contributed by atoms with Gasteiger partial charge in [-0.15, -0.1) is 0 Å². The third kappa shape index (κ3) is 3.26. The number of ketones is 1. The lowest BCUT2D eigenvalue weighted by atomic mass is 10.0. The third-order valence-corrected chi connectivity index (χ3v) is 4.31. The van der Waals surface area contributed by atoms with Crippen molar-refractivity contribution in [2.75, 3.05) is 5.43 Å². The lowest BCUT2D eigenvalue weighted by molar-refractivity contribution is 0.0693. The molecule has 0 fully saturated rings. The molecule has 1 aliphatic rings. The Morgan fingerprint density at radius 3 is 2.85 bits per heavy atom. The molecule has 3 rings (SSSR count). The van der Waals surface area contributed by atoms with E-state index in [4.69, 9.17) is 5.11 Å². The normalized spacial score (nSPS) is 17.6. The summed E-state index contributed by atoms with van der Waals surface area (Å²) < 4.78 is 1.37. The minimum Gasteiger partial charge on any atom is -0.477 e. The SMILES string of the molecule is CC(=O)c1cccc(N/N=C2\CCC(C)n3c2ncc(C(=O)O)c3=O)c1. The number of nitrogens with one attached hydrogen (secondary N) is 1. The molecule has 1 aromatic carbocycles. The zero-order chi connectivity index (χ0) is 18.8. The molecule has 1 unspecified atom stereocenters. The first-order valence-electron chi connectivity index (χ1n) is 8.17. The Bertz CT molecular complexity index is 977. The number of benzene rings is 1. The molecule has 1 atom stereocenters. The van der Waals surface area contributed by atoms with E-state index in [0.29, 0.717) is 35.6 Å². The molecule has 8 nitrogen and oxygen atoms in total. The molecule has 2 aromatic rings. The molecule has 134 valence electrons. The zero-order valence-electron chi connectivity index (χ0n) is 14.4. The number of nitrogens with zero attached hydrogens (tertiary/aromatic N) is 3. The summed E-state index contributed by atoms with van der Waals surface area (Å²) in [6, 6.07) is 6.76. The average Bonchev–Trinajstić information content (AvgIpc) is 2.61. The standard InChI is InChI=1S/C18H18N4O4/c1-10-6-7-15(16-19-9-14(18(25)26)17(24)22(10)16)21-20-13-5-3-4-12(8-13)11(2)23/h3-5,8-10,20H,6-7H2,1-2H3,(H,25,26)/b21-15+. The average molecular weight is 354 g/mol. The van der Waals surface area contributed by atoms with Gasteiger partial charge in [0.25, 0.3) is 5.56 Å². The van der Waals surface area contributed by atoms with Crippen LogP contribution in [0, 0.1) is 0 Å². The molecule has 0 spiro atoms. The van der Waals surface area contributed by atoms with Gasteiger partial charge in [0.1, 0.15) is 11.3 Å². The van der Waals surface area contributed by atoms with Crippen LogP contribution in [0.25, 0.3) is 0 Å². The number of anilines is 1. The van der Waals surface area contributed by atoms with Crippen LogP contribution in [-0.4, -0.2) is 32.1 Å². The summed E-state index contributed by atoms with van der Waals surface area (Å²) in [6.45, 7) is 3.33. The number of hydrazone groups is 1. The number of hydrogen-bond donors (Lipinski definition) is 2. The lowest BCUT2D eigenvalue weighted by Crippen LogP contribution is -2.37. The first-order valence-corrected chi connectivity index (χ1v) is 8.17. The van der Waals surface area contributed by atoms with Gasteiger partial charge in [-0.2, -0.15) is 5.10 Å².